The van der Waals surface area contributed by atoms with Gasteiger partial charge in [-0.05, 0) is 18.2 Å². The summed E-state index contributed by atoms with van der Waals surface area (Å²) >= 11 is 0. The highest BCUT2D eigenvalue weighted by Gasteiger charge is 1.72. The predicted octanol–water partition coefficient (Wildman–Crippen LogP) is 1.91. The van der Waals surface area contributed by atoms with E-state index in [1.807, 2.05) is 0 Å². The van der Waals surface area contributed by atoms with E-state index in [4.69, 9.17) is 5.73 Å². The molecule has 0 atom stereocenters. The lowest BCUT2D eigenvalue weighted by atomic mass is 10.3. The number of halogens is 2. The van der Waals surface area contributed by atoms with Crippen molar-refractivity contribution < 1.29 is 0 Å². The lowest BCUT2D eigenvalue weighted by molar-refractivity contribution is 1.67. The molecule has 0 aliphatic rings. The van der Waals surface area contributed by atoms with Crippen LogP contribution in [0.25, 0.3) is 0 Å². The molecular weight excluding hydrogens is 157 g/mol. The second-order valence-corrected chi connectivity index (χ2v) is 1.33. The highest BCUT2D eigenvalue weighted by atomic mass is 35.5. The van der Waals surface area contributed by atoms with E-state index >= 15 is 0 Å². The van der Waals surface area contributed by atoms with Crippen LogP contribution in [-0.2, 0) is 0 Å². The topological polar surface area (TPSA) is 26.0 Å². The number of hydrogen-bond donors (Lipinski definition) is 1. The quantitative estimate of drug-likeness (QED) is 0.584. The van der Waals surface area contributed by atoms with Gasteiger partial charge in [0.1, 0.15) is 0 Å². The van der Waals surface area contributed by atoms with E-state index in [0.717, 1.165) is 5.69 Å². The van der Waals surface area contributed by atoms with Crippen molar-refractivity contribution in [1.82, 2.24) is 0 Å². The molecule has 0 aliphatic heterocycles. The molecule has 1 aromatic carbocycles. The van der Waals surface area contributed by atoms with Crippen LogP contribution in [0, 0.1) is 6.07 Å². The van der Waals surface area contributed by atoms with Crippen LogP contribution in [0.5, 0.6) is 0 Å². The molecule has 1 nitrogen and oxygen atoms in total. The zero-order valence-electron chi connectivity index (χ0n) is 4.70. The standard InChI is InChI=1S/C6H6N.2ClH/c7-6-4-2-1-3-5-6;;/h2-5H,7H2;2*1H. The van der Waals surface area contributed by atoms with E-state index in [0.29, 0.717) is 0 Å². The van der Waals surface area contributed by atoms with Gasteiger partial charge in [-0.15, -0.1) is 24.8 Å². The Bertz CT molecular complexity index is 141. The van der Waals surface area contributed by atoms with Crippen LogP contribution < -0.4 is 5.73 Å². The molecule has 1 aromatic rings. The maximum absolute atomic E-state index is 5.34. The first-order chi connectivity index (χ1) is 3.39. The van der Waals surface area contributed by atoms with E-state index in [2.05, 4.69) is 6.07 Å². The molecule has 1 rings (SSSR count). The van der Waals surface area contributed by atoms with Gasteiger partial charge in [-0.2, -0.15) is 0 Å². The minimum atomic E-state index is 0. The summed E-state index contributed by atoms with van der Waals surface area (Å²) in [5.41, 5.74) is 6.13. The van der Waals surface area contributed by atoms with Crippen molar-refractivity contribution in [3.05, 3.63) is 30.3 Å². The molecule has 0 saturated carbocycles. The first-order valence-electron chi connectivity index (χ1n) is 2.11. The van der Waals surface area contributed by atoms with Crippen LogP contribution in [0.15, 0.2) is 24.3 Å². The van der Waals surface area contributed by atoms with Gasteiger partial charge in [0.15, 0.2) is 0 Å². The van der Waals surface area contributed by atoms with E-state index < -0.39 is 0 Å². The predicted molar refractivity (Wildman–Crippen MR) is 44.2 cm³/mol. The van der Waals surface area contributed by atoms with Gasteiger partial charge in [-0.25, -0.2) is 0 Å². The fourth-order valence-corrected chi connectivity index (χ4v) is 0.400. The minimum Gasteiger partial charge on any atom is -0.399 e. The van der Waals surface area contributed by atoms with Gasteiger partial charge in [0.05, 0.1) is 0 Å². The smallest absolute Gasteiger partial charge is 0.0314 e. The summed E-state index contributed by atoms with van der Waals surface area (Å²) in [6, 6.07) is 10.0. The van der Waals surface area contributed by atoms with E-state index in [1.54, 1.807) is 24.3 Å². The SMILES string of the molecule is Cl.Cl.Nc1cc[c]cc1. The van der Waals surface area contributed by atoms with Crippen molar-refractivity contribution in [2.75, 3.05) is 5.73 Å². The highest BCUT2D eigenvalue weighted by Crippen LogP contribution is 1.95. The Labute approximate surface area is 67.1 Å². The molecule has 9 heavy (non-hydrogen) atoms. The second kappa shape index (κ2) is 5.73. The Hall–Kier alpha value is -0.400. The van der Waals surface area contributed by atoms with Crippen molar-refractivity contribution in [1.29, 1.82) is 0 Å². The average Bonchev–Trinajstić information content (AvgIpc) is 1.69. The number of nitrogen functional groups attached to an aromatic ring is 1. The molecule has 51 valence electrons. The molecule has 0 saturated heterocycles. The van der Waals surface area contributed by atoms with Crippen molar-refractivity contribution in [2.45, 2.75) is 0 Å². The summed E-state index contributed by atoms with van der Waals surface area (Å²) in [6.07, 6.45) is 0. The molecule has 0 spiro atoms. The fraction of sp³-hybridized carbons (Fsp3) is 0. The summed E-state index contributed by atoms with van der Waals surface area (Å²) in [7, 11) is 0. The van der Waals surface area contributed by atoms with Gasteiger partial charge in [-0.3, -0.25) is 0 Å². The molecule has 0 amide bonds. The molecule has 0 bridgehead atoms. The molecular formula is C6H8Cl2N. The molecule has 0 fully saturated rings. The molecule has 2 N–H and O–H groups in total. The van der Waals surface area contributed by atoms with E-state index in [-0.39, 0.29) is 24.8 Å². The maximum atomic E-state index is 5.34. The zero-order chi connectivity index (χ0) is 5.11. The van der Waals surface area contributed by atoms with Crippen LogP contribution >= 0.6 is 24.8 Å². The Balaban J connectivity index is 0. The van der Waals surface area contributed by atoms with Crippen LogP contribution in [0.3, 0.4) is 0 Å². The average molecular weight is 165 g/mol. The van der Waals surface area contributed by atoms with Crippen molar-refractivity contribution in [2.24, 2.45) is 0 Å². The van der Waals surface area contributed by atoms with Crippen molar-refractivity contribution in [3.63, 3.8) is 0 Å². The Morgan fingerprint density at radius 2 is 1.56 bits per heavy atom. The number of hydrogen-bond acceptors (Lipinski definition) is 1. The maximum Gasteiger partial charge on any atom is 0.0314 e. The minimum absolute atomic E-state index is 0. The molecule has 0 aliphatic carbocycles. The van der Waals surface area contributed by atoms with Crippen molar-refractivity contribution >= 4 is 30.5 Å². The Kier molecular flexibility index (Phi) is 7.26. The van der Waals surface area contributed by atoms with Gasteiger partial charge < -0.3 is 5.73 Å². The van der Waals surface area contributed by atoms with Crippen LogP contribution in [-0.4, -0.2) is 0 Å². The van der Waals surface area contributed by atoms with Crippen LogP contribution in [0.1, 0.15) is 0 Å². The molecule has 0 heterocycles. The van der Waals surface area contributed by atoms with Gasteiger partial charge in [0.25, 0.3) is 0 Å². The van der Waals surface area contributed by atoms with Crippen LogP contribution in [0.2, 0.25) is 0 Å². The normalized spacial score (nSPS) is 6.67. The molecule has 0 aromatic heterocycles. The monoisotopic (exact) mass is 164 g/mol. The first kappa shape index (κ1) is 11.4. The Morgan fingerprint density at radius 3 is 1.78 bits per heavy atom. The fourth-order valence-electron chi connectivity index (χ4n) is 0.400. The summed E-state index contributed by atoms with van der Waals surface area (Å²) in [5.74, 6) is 0. The third-order valence-corrected chi connectivity index (χ3v) is 0.744. The van der Waals surface area contributed by atoms with Gasteiger partial charge in [-0.1, -0.05) is 12.1 Å². The van der Waals surface area contributed by atoms with E-state index in [1.165, 1.54) is 0 Å². The lowest BCUT2D eigenvalue weighted by Crippen LogP contribution is -1.79. The third-order valence-electron chi connectivity index (χ3n) is 0.744. The van der Waals surface area contributed by atoms with E-state index in [9.17, 15) is 0 Å². The van der Waals surface area contributed by atoms with Gasteiger partial charge in [0, 0.05) is 5.69 Å². The molecule has 1 radical (unpaired) electrons. The first-order valence-corrected chi connectivity index (χ1v) is 2.11. The summed E-state index contributed by atoms with van der Waals surface area (Å²) in [6.45, 7) is 0. The molecule has 3 heteroatoms. The largest absolute Gasteiger partial charge is 0.399 e. The lowest BCUT2D eigenvalue weighted by Gasteiger charge is -1.83. The number of rotatable bonds is 0. The highest BCUT2D eigenvalue weighted by molar-refractivity contribution is 5.85. The van der Waals surface area contributed by atoms with Crippen molar-refractivity contribution in [3.8, 4) is 0 Å². The third kappa shape index (κ3) is 4.13. The summed E-state index contributed by atoms with van der Waals surface area (Å²) < 4.78 is 0. The second-order valence-electron chi connectivity index (χ2n) is 1.33. The summed E-state index contributed by atoms with van der Waals surface area (Å²) in [5, 5.41) is 0. The number of nitrogens with two attached hydrogens (primary N) is 1. The zero-order valence-corrected chi connectivity index (χ0v) is 6.34. The molecule has 0 unspecified atom stereocenters. The summed E-state index contributed by atoms with van der Waals surface area (Å²) in [4.78, 5) is 0. The number of anilines is 1. The Morgan fingerprint density at radius 1 is 1.11 bits per heavy atom. The number of benzene rings is 1. The van der Waals surface area contributed by atoms with Gasteiger partial charge in [0.2, 0.25) is 0 Å². The van der Waals surface area contributed by atoms with Gasteiger partial charge >= 0.3 is 0 Å². The van der Waals surface area contributed by atoms with Crippen LogP contribution in [0.4, 0.5) is 5.69 Å².